The molecule has 1 aromatic heterocycles. The standard InChI is InChI=1S/C16H15FN4OS/c1-22-14-9-5-3-7-12(14)15-19-20-16(21(15)18)23-10-11-6-2-4-8-13(11)17/h2-9H,10,18H2,1H3. The van der Waals surface area contributed by atoms with Crippen molar-refractivity contribution >= 4 is 11.8 Å². The second kappa shape index (κ2) is 6.70. The van der Waals surface area contributed by atoms with Crippen molar-refractivity contribution < 1.29 is 9.13 Å². The second-order valence-electron chi connectivity index (χ2n) is 4.76. The number of rotatable bonds is 5. The molecule has 0 aliphatic rings. The van der Waals surface area contributed by atoms with Crippen molar-refractivity contribution in [1.29, 1.82) is 0 Å². The summed E-state index contributed by atoms with van der Waals surface area (Å²) in [7, 11) is 1.59. The third-order valence-electron chi connectivity index (χ3n) is 3.33. The Bertz CT molecular complexity index is 821. The van der Waals surface area contributed by atoms with Crippen molar-refractivity contribution in [1.82, 2.24) is 14.9 Å². The molecule has 7 heteroatoms. The highest BCUT2D eigenvalue weighted by Crippen LogP contribution is 2.30. The van der Waals surface area contributed by atoms with Gasteiger partial charge in [-0.05, 0) is 23.8 Å². The van der Waals surface area contributed by atoms with E-state index in [2.05, 4.69) is 10.2 Å². The summed E-state index contributed by atoms with van der Waals surface area (Å²) in [6.45, 7) is 0. The van der Waals surface area contributed by atoms with Crippen molar-refractivity contribution in [2.45, 2.75) is 10.9 Å². The van der Waals surface area contributed by atoms with E-state index in [-0.39, 0.29) is 5.82 Å². The van der Waals surface area contributed by atoms with Crippen LogP contribution in [0.2, 0.25) is 0 Å². The maximum atomic E-state index is 13.7. The van der Waals surface area contributed by atoms with Crippen LogP contribution in [0.4, 0.5) is 4.39 Å². The number of para-hydroxylation sites is 1. The van der Waals surface area contributed by atoms with Crippen LogP contribution < -0.4 is 10.6 Å². The van der Waals surface area contributed by atoms with Crippen molar-refractivity contribution in [2.75, 3.05) is 13.0 Å². The van der Waals surface area contributed by atoms with Crippen LogP contribution in [0.1, 0.15) is 5.56 Å². The molecule has 118 valence electrons. The van der Waals surface area contributed by atoms with Gasteiger partial charge < -0.3 is 10.6 Å². The lowest BCUT2D eigenvalue weighted by Gasteiger charge is -2.08. The normalized spacial score (nSPS) is 10.7. The Hall–Kier alpha value is -2.54. The molecule has 0 aliphatic heterocycles. The number of thioether (sulfide) groups is 1. The topological polar surface area (TPSA) is 66.0 Å². The molecule has 0 saturated carbocycles. The van der Waals surface area contributed by atoms with E-state index in [4.69, 9.17) is 10.6 Å². The molecule has 3 rings (SSSR count). The molecule has 0 atom stereocenters. The average Bonchev–Trinajstić information content (AvgIpc) is 2.95. The van der Waals surface area contributed by atoms with E-state index in [1.165, 1.54) is 22.5 Å². The average molecular weight is 330 g/mol. The molecule has 23 heavy (non-hydrogen) atoms. The molecule has 0 aliphatic carbocycles. The molecular formula is C16H15FN4OS. The van der Waals surface area contributed by atoms with Gasteiger partial charge in [0.05, 0.1) is 12.7 Å². The van der Waals surface area contributed by atoms with Gasteiger partial charge in [-0.15, -0.1) is 10.2 Å². The van der Waals surface area contributed by atoms with Crippen LogP contribution in [0.15, 0.2) is 53.7 Å². The van der Waals surface area contributed by atoms with Gasteiger partial charge in [0.1, 0.15) is 11.6 Å². The highest BCUT2D eigenvalue weighted by atomic mass is 32.2. The van der Waals surface area contributed by atoms with Crippen LogP contribution in [0, 0.1) is 5.82 Å². The summed E-state index contributed by atoms with van der Waals surface area (Å²) in [6.07, 6.45) is 0. The van der Waals surface area contributed by atoms with Gasteiger partial charge in [-0.1, -0.05) is 42.1 Å². The Morgan fingerprint density at radius 3 is 2.65 bits per heavy atom. The third kappa shape index (κ3) is 3.14. The molecule has 0 bridgehead atoms. The number of hydrogen-bond acceptors (Lipinski definition) is 5. The minimum absolute atomic E-state index is 0.243. The SMILES string of the molecule is COc1ccccc1-c1nnc(SCc2ccccc2F)n1N. The molecule has 1 heterocycles. The molecule has 0 spiro atoms. The number of nitrogen functional groups attached to an aromatic ring is 1. The zero-order valence-corrected chi connectivity index (χ0v) is 13.3. The summed E-state index contributed by atoms with van der Waals surface area (Å²) >= 11 is 1.33. The van der Waals surface area contributed by atoms with Gasteiger partial charge >= 0.3 is 0 Å². The third-order valence-corrected chi connectivity index (χ3v) is 4.32. The maximum absolute atomic E-state index is 13.7. The molecule has 5 nitrogen and oxygen atoms in total. The van der Waals surface area contributed by atoms with Crippen LogP contribution in [-0.4, -0.2) is 22.0 Å². The first-order chi connectivity index (χ1) is 11.2. The van der Waals surface area contributed by atoms with Crippen LogP contribution in [-0.2, 0) is 5.75 Å². The largest absolute Gasteiger partial charge is 0.496 e. The van der Waals surface area contributed by atoms with Gasteiger partial charge in [0.15, 0.2) is 5.82 Å². The van der Waals surface area contributed by atoms with Crippen LogP contribution >= 0.6 is 11.8 Å². The molecule has 2 N–H and O–H groups in total. The fourth-order valence-corrected chi connectivity index (χ4v) is 2.99. The van der Waals surface area contributed by atoms with E-state index in [1.54, 1.807) is 25.3 Å². The zero-order valence-electron chi connectivity index (χ0n) is 12.4. The minimum atomic E-state index is -0.243. The van der Waals surface area contributed by atoms with E-state index in [9.17, 15) is 4.39 Å². The Kier molecular flexibility index (Phi) is 4.47. The monoisotopic (exact) mass is 330 g/mol. The molecule has 3 aromatic rings. The molecule has 0 amide bonds. The summed E-state index contributed by atoms with van der Waals surface area (Å²) < 4.78 is 20.4. The Morgan fingerprint density at radius 1 is 1.13 bits per heavy atom. The number of nitrogens with zero attached hydrogens (tertiary/aromatic N) is 3. The van der Waals surface area contributed by atoms with E-state index in [0.717, 1.165) is 5.56 Å². The smallest absolute Gasteiger partial charge is 0.210 e. The summed E-state index contributed by atoms with van der Waals surface area (Å²) in [5.74, 6) is 7.43. The highest BCUT2D eigenvalue weighted by molar-refractivity contribution is 7.98. The Morgan fingerprint density at radius 2 is 1.87 bits per heavy atom. The summed E-state index contributed by atoms with van der Waals surface area (Å²) in [5.41, 5.74) is 1.35. The van der Waals surface area contributed by atoms with Crippen molar-refractivity contribution in [3.8, 4) is 17.1 Å². The quantitative estimate of drug-likeness (QED) is 0.575. The van der Waals surface area contributed by atoms with Crippen molar-refractivity contribution in [3.63, 3.8) is 0 Å². The number of benzene rings is 2. The van der Waals surface area contributed by atoms with Gasteiger partial charge in [0.2, 0.25) is 5.16 Å². The lowest BCUT2D eigenvalue weighted by molar-refractivity contribution is 0.416. The number of aromatic nitrogens is 3. The highest BCUT2D eigenvalue weighted by Gasteiger charge is 2.16. The zero-order chi connectivity index (χ0) is 16.2. The van der Waals surface area contributed by atoms with Gasteiger partial charge in [0, 0.05) is 5.75 Å². The fourth-order valence-electron chi connectivity index (χ4n) is 2.15. The number of methoxy groups -OCH3 is 1. The Balaban J connectivity index is 1.84. The molecule has 0 saturated heterocycles. The van der Waals surface area contributed by atoms with Crippen molar-refractivity contribution in [3.05, 3.63) is 59.9 Å². The molecule has 2 aromatic carbocycles. The van der Waals surface area contributed by atoms with E-state index < -0.39 is 0 Å². The summed E-state index contributed by atoms with van der Waals surface area (Å²) in [5, 5.41) is 8.72. The van der Waals surface area contributed by atoms with Crippen LogP contribution in [0.3, 0.4) is 0 Å². The predicted molar refractivity (Wildman–Crippen MR) is 88.1 cm³/mol. The number of halogens is 1. The predicted octanol–water partition coefficient (Wildman–Crippen LogP) is 3.10. The van der Waals surface area contributed by atoms with E-state index in [0.29, 0.717) is 28.0 Å². The van der Waals surface area contributed by atoms with E-state index in [1.807, 2.05) is 24.3 Å². The Labute approximate surface area is 137 Å². The lowest BCUT2D eigenvalue weighted by atomic mass is 10.2. The first-order valence-electron chi connectivity index (χ1n) is 6.91. The summed E-state index contributed by atoms with van der Waals surface area (Å²) in [6, 6.07) is 14.1. The van der Waals surface area contributed by atoms with Gasteiger partial charge in [-0.3, -0.25) is 0 Å². The van der Waals surface area contributed by atoms with Gasteiger partial charge in [0.25, 0.3) is 0 Å². The fraction of sp³-hybridized carbons (Fsp3) is 0.125. The van der Waals surface area contributed by atoms with Crippen LogP contribution in [0.5, 0.6) is 5.75 Å². The van der Waals surface area contributed by atoms with E-state index >= 15 is 0 Å². The molecular weight excluding hydrogens is 315 g/mol. The van der Waals surface area contributed by atoms with Gasteiger partial charge in [-0.2, -0.15) is 0 Å². The minimum Gasteiger partial charge on any atom is -0.496 e. The van der Waals surface area contributed by atoms with Gasteiger partial charge in [-0.25, -0.2) is 9.07 Å². The summed E-state index contributed by atoms with van der Waals surface area (Å²) in [4.78, 5) is 0. The number of nitrogens with two attached hydrogens (primary N) is 1. The number of ether oxygens (including phenoxy) is 1. The first-order valence-corrected chi connectivity index (χ1v) is 7.89. The first kappa shape index (κ1) is 15.4. The van der Waals surface area contributed by atoms with Crippen molar-refractivity contribution in [2.24, 2.45) is 0 Å². The van der Waals surface area contributed by atoms with Crippen LogP contribution in [0.25, 0.3) is 11.4 Å². The maximum Gasteiger partial charge on any atom is 0.210 e. The number of hydrogen-bond donors (Lipinski definition) is 1. The lowest BCUT2D eigenvalue weighted by Crippen LogP contribution is -2.12. The second-order valence-corrected chi connectivity index (χ2v) is 5.70. The molecule has 0 radical (unpaired) electrons. The molecule has 0 fully saturated rings. The molecule has 0 unspecified atom stereocenters.